The summed E-state index contributed by atoms with van der Waals surface area (Å²) in [4.78, 5) is 11.8. The number of carbonyl (C=O) groups is 1. The first-order chi connectivity index (χ1) is 11.4. The molecule has 1 unspecified atom stereocenters. The number of nitrogens with zero attached hydrogens (tertiary/aromatic N) is 4. The van der Waals surface area contributed by atoms with Gasteiger partial charge in [0.2, 0.25) is 5.91 Å². The maximum atomic E-state index is 12.3. The maximum Gasteiger partial charge on any atom is 0.232 e. The molecule has 0 spiro atoms. The molecule has 0 aliphatic heterocycles. The van der Waals surface area contributed by atoms with E-state index in [0.717, 1.165) is 16.8 Å². The average molecular weight is 349 g/mol. The minimum absolute atomic E-state index is 0.0493. The highest BCUT2D eigenvalue weighted by molar-refractivity contribution is 7.84. The van der Waals surface area contributed by atoms with Gasteiger partial charge in [-0.15, -0.1) is 5.10 Å². The molecule has 7 nitrogen and oxygen atoms in total. The van der Waals surface area contributed by atoms with Crippen molar-refractivity contribution in [1.82, 2.24) is 25.5 Å². The molecule has 0 saturated heterocycles. The fourth-order valence-electron chi connectivity index (χ4n) is 2.32. The van der Waals surface area contributed by atoms with E-state index in [1.165, 1.54) is 0 Å². The van der Waals surface area contributed by atoms with Gasteiger partial charge in [-0.25, -0.2) is 0 Å². The highest BCUT2D eigenvalue weighted by Gasteiger charge is 2.17. The van der Waals surface area contributed by atoms with E-state index < -0.39 is 10.8 Å². The van der Waals surface area contributed by atoms with Crippen LogP contribution in [0.4, 0.5) is 0 Å². The van der Waals surface area contributed by atoms with Crippen molar-refractivity contribution in [3.63, 3.8) is 0 Å². The van der Waals surface area contributed by atoms with E-state index in [2.05, 4.69) is 20.8 Å². The largest absolute Gasteiger partial charge is 0.355 e. The van der Waals surface area contributed by atoms with Crippen LogP contribution in [0.3, 0.4) is 0 Å². The van der Waals surface area contributed by atoms with E-state index in [1.54, 1.807) is 4.68 Å². The van der Waals surface area contributed by atoms with Gasteiger partial charge in [0, 0.05) is 17.3 Å². The highest BCUT2D eigenvalue weighted by atomic mass is 32.2. The minimum atomic E-state index is -1.37. The molecule has 8 heteroatoms. The Bertz CT molecular complexity index is 722. The van der Waals surface area contributed by atoms with E-state index in [1.807, 2.05) is 45.9 Å². The van der Waals surface area contributed by atoms with Crippen molar-refractivity contribution in [2.24, 2.45) is 5.92 Å². The van der Waals surface area contributed by atoms with Gasteiger partial charge < -0.3 is 5.32 Å². The molecule has 0 bridgehead atoms. The second-order valence-electron chi connectivity index (χ2n) is 6.17. The first kappa shape index (κ1) is 18.3. The van der Waals surface area contributed by atoms with Crippen molar-refractivity contribution < 1.29 is 9.00 Å². The van der Waals surface area contributed by atoms with Crippen LogP contribution >= 0.6 is 0 Å². The molecule has 1 heterocycles. The Morgan fingerprint density at radius 1 is 1.29 bits per heavy atom. The Hall–Kier alpha value is -2.09. The summed E-state index contributed by atoms with van der Waals surface area (Å²) in [5.41, 5.74) is 2.95. The Morgan fingerprint density at radius 3 is 2.58 bits per heavy atom. The van der Waals surface area contributed by atoms with Gasteiger partial charge in [0.15, 0.2) is 5.82 Å². The molecule has 1 aromatic heterocycles. The third kappa shape index (κ3) is 4.70. The van der Waals surface area contributed by atoms with E-state index in [9.17, 15) is 9.00 Å². The van der Waals surface area contributed by atoms with Crippen LogP contribution < -0.4 is 5.32 Å². The van der Waals surface area contributed by atoms with Gasteiger partial charge in [-0.1, -0.05) is 32.0 Å². The number of hydrogen-bond donors (Lipinski definition) is 1. The molecular formula is C16H23N5O2S. The molecule has 0 fully saturated rings. The molecule has 0 saturated carbocycles. The maximum absolute atomic E-state index is 12.3. The predicted molar refractivity (Wildman–Crippen MR) is 93.2 cm³/mol. The zero-order valence-corrected chi connectivity index (χ0v) is 15.3. The van der Waals surface area contributed by atoms with Crippen LogP contribution in [0, 0.1) is 19.8 Å². The van der Waals surface area contributed by atoms with Crippen molar-refractivity contribution >= 4 is 16.7 Å². The number of nitrogens with one attached hydrogen (secondary N) is 1. The minimum Gasteiger partial charge on any atom is -0.355 e. The zero-order chi connectivity index (χ0) is 17.7. The quantitative estimate of drug-likeness (QED) is 0.814. The fourth-order valence-corrected chi connectivity index (χ4v) is 3.28. The van der Waals surface area contributed by atoms with Crippen LogP contribution in [0.1, 0.15) is 30.8 Å². The lowest BCUT2D eigenvalue weighted by Crippen LogP contribution is -2.31. The van der Waals surface area contributed by atoms with Gasteiger partial charge in [0.1, 0.15) is 5.75 Å². The highest BCUT2D eigenvalue weighted by Crippen LogP contribution is 2.19. The molecule has 130 valence electrons. The molecule has 1 atom stereocenters. The molecule has 0 radical (unpaired) electrons. The van der Waals surface area contributed by atoms with E-state index in [-0.39, 0.29) is 17.4 Å². The monoisotopic (exact) mass is 349 g/mol. The molecule has 1 aromatic carbocycles. The summed E-state index contributed by atoms with van der Waals surface area (Å²) in [6.45, 7) is 8.55. The summed E-state index contributed by atoms with van der Waals surface area (Å²) in [6.07, 6.45) is 0. The topological polar surface area (TPSA) is 89.8 Å². The van der Waals surface area contributed by atoms with E-state index in [4.69, 9.17) is 0 Å². The molecular weight excluding hydrogens is 326 g/mol. The summed E-state index contributed by atoms with van der Waals surface area (Å²) in [7, 11) is -1.37. The molecule has 0 aliphatic carbocycles. The smallest absolute Gasteiger partial charge is 0.232 e. The van der Waals surface area contributed by atoms with Crippen molar-refractivity contribution in [2.75, 3.05) is 12.3 Å². The number of carbonyl (C=O) groups excluding carboxylic acids is 1. The first-order valence-corrected chi connectivity index (χ1v) is 9.32. The van der Waals surface area contributed by atoms with Gasteiger partial charge in [-0.05, 0) is 41.3 Å². The van der Waals surface area contributed by atoms with Crippen LogP contribution in [0.5, 0.6) is 0 Å². The average Bonchev–Trinajstić information content (AvgIpc) is 2.92. The van der Waals surface area contributed by atoms with Crippen LogP contribution in [-0.4, -0.2) is 42.6 Å². The van der Waals surface area contributed by atoms with Crippen LogP contribution in [0.2, 0.25) is 0 Å². The van der Waals surface area contributed by atoms with E-state index >= 15 is 0 Å². The van der Waals surface area contributed by atoms with Crippen molar-refractivity contribution in [1.29, 1.82) is 0 Å². The summed E-state index contributed by atoms with van der Waals surface area (Å²) in [6, 6.07) is 5.92. The third-order valence-corrected chi connectivity index (χ3v) is 4.64. The number of aryl methyl sites for hydroxylation is 2. The Balaban J connectivity index is 2.08. The van der Waals surface area contributed by atoms with E-state index in [0.29, 0.717) is 18.3 Å². The first-order valence-electron chi connectivity index (χ1n) is 7.84. The Labute approximate surface area is 144 Å². The number of rotatable bonds is 7. The summed E-state index contributed by atoms with van der Waals surface area (Å²) in [5.74, 6) is 0.719. The number of benzene rings is 1. The van der Waals surface area contributed by atoms with Crippen LogP contribution in [-0.2, 0) is 21.3 Å². The molecule has 24 heavy (non-hydrogen) atoms. The second-order valence-corrected chi connectivity index (χ2v) is 7.63. The summed E-state index contributed by atoms with van der Waals surface area (Å²) < 4.78 is 13.9. The lowest BCUT2D eigenvalue weighted by Gasteiger charge is -2.11. The standard InChI is InChI=1S/C16H23N5O2S/c1-11(2)8-17-15(22)10-24(23)9-14-18-19-20-21(14)16-12(3)6-5-7-13(16)4/h5-7,11H,8-10H2,1-4H3,(H,17,22). The Morgan fingerprint density at radius 2 is 1.96 bits per heavy atom. The number of amides is 1. The summed E-state index contributed by atoms with van der Waals surface area (Å²) >= 11 is 0. The number of hydrogen-bond acceptors (Lipinski definition) is 5. The van der Waals surface area contributed by atoms with Crippen molar-refractivity contribution in [3.05, 3.63) is 35.2 Å². The molecule has 1 N–H and O–H groups in total. The second kappa shape index (κ2) is 8.14. The van der Waals surface area contributed by atoms with Crippen LogP contribution in [0.25, 0.3) is 5.69 Å². The summed E-state index contributed by atoms with van der Waals surface area (Å²) in [5, 5.41) is 14.5. The fraction of sp³-hybridized carbons (Fsp3) is 0.500. The van der Waals surface area contributed by atoms with Crippen molar-refractivity contribution in [2.45, 2.75) is 33.4 Å². The number of aromatic nitrogens is 4. The van der Waals surface area contributed by atoms with Gasteiger partial charge in [0.05, 0.1) is 11.4 Å². The van der Waals surface area contributed by atoms with Gasteiger partial charge in [-0.2, -0.15) is 4.68 Å². The van der Waals surface area contributed by atoms with Crippen molar-refractivity contribution in [3.8, 4) is 5.69 Å². The van der Waals surface area contributed by atoms with Gasteiger partial charge >= 0.3 is 0 Å². The molecule has 2 aromatic rings. The molecule has 2 rings (SSSR count). The molecule has 1 amide bonds. The predicted octanol–water partition coefficient (Wildman–Crippen LogP) is 1.30. The van der Waals surface area contributed by atoms with Gasteiger partial charge in [-0.3, -0.25) is 9.00 Å². The number of tetrazole rings is 1. The SMILES string of the molecule is Cc1cccc(C)c1-n1nnnc1CS(=O)CC(=O)NCC(C)C. The normalized spacial score (nSPS) is 12.4. The zero-order valence-electron chi connectivity index (χ0n) is 14.4. The van der Waals surface area contributed by atoms with Crippen LogP contribution in [0.15, 0.2) is 18.2 Å². The Kier molecular flexibility index (Phi) is 6.19. The van der Waals surface area contributed by atoms with Gasteiger partial charge in [0.25, 0.3) is 0 Å². The third-order valence-electron chi connectivity index (χ3n) is 3.48. The number of para-hydroxylation sites is 1. The lowest BCUT2D eigenvalue weighted by molar-refractivity contribution is -0.118. The molecule has 0 aliphatic rings. The lowest BCUT2D eigenvalue weighted by atomic mass is 10.1.